The van der Waals surface area contributed by atoms with Crippen LogP contribution in [0.2, 0.25) is 5.02 Å². The first kappa shape index (κ1) is 21.7. The zero-order valence-electron chi connectivity index (χ0n) is 16.8. The molecule has 2 N–H and O–H groups in total. The van der Waals surface area contributed by atoms with Gasteiger partial charge in [0, 0.05) is 0 Å². The monoisotopic (exact) mass is 436 g/mol. The summed E-state index contributed by atoms with van der Waals surface area (Å²) < 4.78 is 29.9. The number of hydrogen-bond acceptors (Lipinski definition) is 5. The molecule has 0 fully saturated rings. The number of halogens is 2. The van der Waals surface area contributed by atoms with Gasteiger partial charge in [0.05, 0.1) is 22.8 Å². The van der Waals surface area contributed by atoms with Gasteiger partial charge < -0.3 is 19.5 Å². The first-order chi connectivity index (χ1) is 14.1. The molecule has 0 saturated heterocycles. The van der Waals surface area contributed by atoms with Gasteiger partial charge in [0.1, 0.15) is 24.6 Å². The number of anilines is 2. The van der Waals surface area contributed by atoms with Gasteiger partial charge in [-0.3, -0.25) is 10.1 Å². The van der Waals surface area contributed by atoms with E-state index in [0.29, 0.717) is 35.3 Å². The molecule has 0 atom stereocenters. The Hall–Kier alpha value is -3.00. The number of amides is 2. The first-order valence-electron chi connectivity index (χ1n) is 9.28. The van der Waals surface area contributed by atoms with Crippen LogP contribution in [0, 0.1) is 5.82 Å². The Balaban J connectivity index is 1.73. The highest BCUT2D eigenvalue weighted by molar-refractivity contribution is 6.32. The third-order valence-electron chi connectivity index (χ3n) is 3.91. The molecule has 0 aliphatic carbocycles. The molecule has 2 aromatic rings. The van der Waals surface area contributed by atoms with Crippen LogP contribution in [-0.4, -0.2) is 30.8 Å². The van der Waals surface area contributed by atoms with Crippen molar-refractivity contribution < 1.29 is 28.2 Å². The van der Waals surface area contributed by atoms with Gasteiger partial charge in [-0.05, 0) is 56.7 Å². The van der Waals surface area contributed by atoms with E-state index in [2.05, 4.69) is 10.6 Å². The van der Waals surface area contributed by atoms with Crippen LogP contribution in [0.1, 0.15) is 26.3 Å². The number of carbonyl (C=O) groups is 2. The van der Waals surface area contributed by atoms with E-state index in [1.165, 1.54) is 12.1 Å². The lowest BCUT2D eigenvalue weighted by Gasteiger charge is -2.21. The zero-order valence-corrected chi connectivity index (χ0v) is 17.6. The molecular formula is C21H22ClFN2O5. The Morgan fingerprint density at radius 3 is 2.57 bits per heavy atom. The van der Waals surface area contributed by atoms with Crippen molar-refractivity contribution in [3.63, 3.8) is 0 Å². The number of fused-ring (bicyclic) bond motifs is 1. The van der Waals surface area contributed by atoms with Gasteiger partial charge in [-0.1, -0.05) is 11.6 Å². The summed E-state index contributed by atoms with van der Waals surface area (Å²) in [7, 11) is 0. The van der Waals surface area contributed by atoms with Crippen molar-refractivity contribution in [1.29, 1.82) is 0 Å². The Bertz CT molecular complexity index is 975. The average Bonchev–Trinajstić information content (AvgIpc) is 2.62. The normalized spacial score (nSPS) is 12.8. The summed E-state index contributed by atoms with van der Waals surface area (Å²) >= 11 is 6.20. The van der Waals surface area contributed by atoms with E-state index in [1.54, 1.807) is 32.9 Å². The molecule has 9 heteroatoms. The first-order valence-corrected chi connectivity index (χ1v) is 9.66. The minimum Gasteiger partial charge on any atom is -0.486 e. The Morgan fingerprint density at radius 1 is 1.10 bits per heavy atom. The molecule has 1 heterocycles. The molecule has 0 aromatic heterocycles. The van der Waals surface area contributed by atoms with Gasteiger partial charge in [0.2, 0.25) is 5.91 Å². The standard InChI is InChI=1S/C21H22ClFN2O5/c1-21(2,3)30-20(27)25-15-5-4-13(23)11-16(15)24-18(26)10-12-8-14(22)19-17(9-12)28-6-7-29-19/h4-5,8-9,11H,6-7,10H2,1-3H3,(H,24,26)(H,25,27). The minimum absolute atomic E-state index is 0.0429. The van der Waals surface area contributed by atoms with E-state index >= 15 is 0 Å². The Labute approximate surface area is 178 Å². The summed E-state index contributed by atoms with van der Waals surface area (Å²) in [5.41, 5.74) is 0.207. The second kappa shape index (κ2) is 8.79. The molecule has 3 rings (SSSR count). The van der Waals surface area contributed by atoms with Crippen molar-refractivity contribution in [3.8, 4) is 11.5 Å². The molecule has 0 radical (unpaired) electrons. The van der Waals surface area contributed by atoms with Crippen molar-refractivity contribution in [2.75, 3.05) is 23.8 Å². The predicted molar refractivity (Wildman–Crippen MR) is 111 cm³/mol. The molecule has 1 aliphatic heterocycles. The number of rotatable bonds is 4. The number of ether oxygens (including phenoxy) is 3. The SMILES string of the molecule is CC(C)(C)OC(=O)Nc1ccc(F)cc1NC(=O)Cc1cc(Cl)c2c(c1)OCCO2. The summed E-state index contributed by atoms with van der Waals surface area (Å²) in [6.07, 6.45) is -0.762. The minimum atomic E-state index is -0.719. The maximum Gasteiger partial charge on any atom is 0.412 e. The van der Waals surface area contributed by atoms with E-state index in [0.717, 1.165) is 6.07 Å². The van der Waals surface area contributed by atoms with Crippen molar-refractivity contribution in [2.45, 2.75) is 32.8 Å². The largest absolute Gasteiger partial charge is 0.486 e. The fourth-order valence-corrected chi connectivity index (χ4v) is 3.08. The Morgan fingerprint density at radius 2 is 1.83 bits per heavy atom. The number of carbonyl (C=O) groups excluding carboxylic acids is 2. The van der Waals surface area contributed by atoms with E-state index in [-0.39, 0.29) is 17.8 Å². The summed E-state index contributed by atoms with van der Waals surface area (Å²) in [6.45, 7) is 5.96. The van der Waals surface area contributed by atoms with Crippen LogP contribution in [0.5, 0.6) is 11.5 Å². The van der Waals surface area contributed by atoms with Crippen molar-refractivity contribution >= 4 is 35.0 Å². The molecule has 30 heavy (non-hydrogen) atoms. The smallest absolute Gasteiger partial charge is 0.412 e. The van der Waals surface area contributed by atoms with E-state index < -0.39 is 23.4 Å². The summed E-state index contributed by atoms with van der Waals surface area (Å²) in [5.74, 6) is -0.0846. The van der Waals surface area contributed by atoms with E-state index in [1.807, 2.05) is 0 Å². The molecule has 160 valence electrons. The van der Waals surface area contributed by atoms with E-state index in [9.17, 15) is 14.0 Å². The molecule has 0 saturated carbocycles. The highest BCUT2D eigenvalue weighted by Gasteiger charge is 2.20. The van der Waals surface area contributed by atoms with E-state index in [4.69, 9.17) is 25.8 Å². The van der Waals surface area contributed by atoms with Gasteiger partial charge >= 0.3 is 6.09 Å². The van der Waals surface area contributed by atoms with Gasteiger partial charge in [-0.15, -0.1) is 0 Å². The molecule has 2 amide bonds. The lowest BCUT2D eigenvalue weighted by atomic mass is 10.1. The molecule has 1 aliphatic rings. The lowest BCUT2D eigenvalue weighted by Crippen LogP contribution is -2.27. The lowest BCUT2D eigenvalue weighted by molar-refractivity contribution is -0.115. The molecule has 0 unspecified atom stereocenters. The summed E-state index contributed by atoms with van der Waals surface area (Å²) in [4.78, 5) is 24.6. The zero-order chi connectivity index (χ0) is 21.9. The van der Waals surface area contributed by atoms with Gasteiger partial charge in [-0.2, -0.15) is 0 Å². The Kier molecular flexibility index (Phi) is 6.36. The molecule has 2 aromatic carbocycles. The van der Waals surface area contributed by atoms with Crippen LogP contribution in [-0.2, 0) is 16.0 Å². The van der Waals surface area contributed by atoms with Crippen LogP contribution < -0.4 is 20.1 Å². The molecule has 7 nitrogen and oxygen atoms in total. The highest BCUT2D eigenvalue weighted by atomic mass is 35.5. The van der Waals surface area contributed by atoms with Crippen LogP contribution >= 0.6 is 11.6 Å². The summed E-state index contributed by atoms with van der Waals surface area (Å²) in [5, 5.41) is 5.46. The van der Waals surface area contributed by atoms with Crippen molar-refractivity contribution in [1.82, 2.24) is 0 Å². The van der Waals surface area contributed by atoms with Gasteiger partial charge in [0.25, 0.3) is 0 Å². The predicted octanol–water partition coefficient (Wildman–Crippen LogP) is 4.78. The topological polar surface area (TPSA) is 85.9 Å². The van der Waals surface area contributed by atoms with Gasteiger partial charge in [0.15, 0.2) is 11.5 Å². The van der Waals surface area contributed by atoms with Crippen molar-refractivity contribution in [2.24, 2.45) is 0 Å². The maximum atomic E-state index is 13.7. The van der Waals surface area contributed by atoms with Crippen LogP contribution in [0.4, 0.5) is 20.6 Å². The highest BCUT2D eigenvalue weighted by Crippen LogP contribution is 2.38. The van der Waals surface area contributed by atoms with Crippen LogP contribution in [0.25, 0.3) is 0 Å². The third-order valence-corrected chi connectivity index (χ3v) is 4.19. The third kappa shape index (κ3) is 5.76. The van der Waals surface area contributed by atoms with Crippen molar-refractivity contribution in [3.05, 3.63) is 46.7 Å². The van der Waals surface area contributed by atoms with Crippen LogP contribution in [0.15, 0.2) is 30.3 Å². The fraction of sp³-hybridized carbons (Fsp3) is 0.333. The second-order valence-electron chi connectivity index (χ2n) is 7.64. The second-order valence-corrected chi connectivity index (χ2v) is 8.05. The molecule has 0 spiro atoms. The van der Waals surface area contributed by atoms with Gasteiger partial charge in [-0.25, -0.2) is 9.18 Å². The fourth-order valence-electron chi connectivity index (χ4n) is 2.79. The number of benzene rings is 2. The quantitative estimate of drug-likeness (QED) is 0.720. The van der Waals surface area contributed by atoms with Crippen LogP contribution in [0.3, 0.4) is 0 Å². The average molecular weight is 437 g/mol. The number of nitrogens with one attached hydrogen (secondary N) is 2. The molecule has 0 bridgehead atoms. The maximum absolute atomic E-state index is 13.7. The molecular weight excluding hydrogens is 415 g/mol. The number of hydrogen-bond donors (Lipinski definition) is 2. The summed E-state index contributed by atoms with van der Waals surface area (Å²) in [6, 6.07) is 6.91.